The highest BCUT2D eigenvalue weighted by atomic mass is 32.1. The average molecular weight is 373 g/mol. The van der Waals surface area contributed by atoms with E-state index in [1.165, 1.54) is 25.4 Å². The number of carbonyl (C=O) groups is 2. The van der Waals surface area contributed by atoms with Crippen molar-refractivity contribution in [3.63, 3.8) is 0 Å². The summed E-state index contributed by atoms with van der Waals surface area (Å²) in [4.78, 5) is 28.1. The van der Waals surface area contributed by atoms with Crippen LogP contribution in [0.3, 0.4) is 0 Å². The van der Waals surface area contributed by atoms with Gasteiger partial charge in [-0.2, -0.15) is 11.3 Å². The largest absolute Gasteiger partial charge is 0.495 e. The number of hydrogen-bond donors (Lipinski definition) is 2. The number of benzene rings is 1. The van der Waals surface area contributed by atoms with E-state index in [0.29, 0.717) is 22.8 Å². The molecule has 25 heavy (non-hydrogen) atoms. The van der Waals surface area contributed by atoms with Gasteiger partial charge in [-0.1, -0.05) is 0 Å². The minimum atomic E-state index is -0.337. The highest BCUT2D eigenvalue weighted by Crippen LogP contribution is 2.29. The van der Waals surface area contributed by atoms with Crippen LogP contribution in [0.4, 0.5) is 11.4 Å². The highest BCUT2D eigenvalue weighted by Gasteiger charge is 2.15. The van der Waals surface area contributed by atoms with Crippen LogP contribution in [0.25, 0.3) is 10.6 Å². The van der Waals surface area contributed by atoms with Crippen molar-refractivity contribution >= 4 is 45.9 Å². The van der Waals surface area contributed by atoms with Crippen molar-refractivity contribution in [1.29, 1.82) is 0 Å². The van der Waals surface area contributed by atoms with Crippen LogP contribution in [0.5, 0.6) is 5.75 Å². The number of thiophene rings is 1. The number of amides is 2. The van der Waals surface area contributed by atoms with Gasteiger partial charge in [-0.3, -0.25) is 9.59 Å². The number of aromatic nitrogens is 1. The van der Waals surface area contributed by atoms with Crippen LogP contribution in [0, 0.1) is 0 Å². The van der Waals surface area contributed by atoms with Gasteiger partial charge in [0.15, 0.2) is 0 Å². The maximum Gasteiger partial charge on any atom is 0.275 e. The molecular formula is C17H15N3O3S2. The molecule has 0 aliphatic rings. The normalized spacial score (nSPS) is 10.3. The number of rotatable bonds is 5. The Labute approximate surface area is 152 Å². The molecule has 0 radical (unpaired) electrons. The molecule has 2 amide bonds. The van der Waals surface area contributed by atoms with Gasteiger partial charge in [-0.25, -0.2) is 4.98 Å². The van der Waals surface area contributed by atoms with Crippen LogP contribution < -0.4 is 15.4 Å². The first-order chi connectivity index (χ1) is 12.1. The van der Waals surface area contributed by atoms with E-state index in [1.807, 2.05) is 16.8 Å². The minimum Gasteiger partial charge on any atom is -0.495 e. The van der Waals surface area contributed by atoms with Crippen molar-refractivity contribution in [2.75, 3.05) is 17.7 Å². The Kier molecular flexibility index (Phi) is 5.11. The predicted molar refractivity (Wildman–Crippen MR) is 101 cm³/mol. The van der Waals surface area contributed by atoms with Gasteiger partial charge in [0.1, 0.15) is 16.5 Å². The van der Waals surface area contributed by atoms with E-state index >= 15 is 0 Å². The Morgan fingerprint density at radius 3 is 2.68 bits per heavy atom. The van der Waals surface area contributed by atoms with Crippen LogP contribution in [-0.2, 0) is 4.79 Å². The van der Waals surface area contributed by atoms with Crippen LogP contribution in [0.2, 0.25) is 0 Å². The standard InChI is InChI=1S/C17H15N3O3S2/c1-10(21)18-12-3-4-15(23-2)13(7-12)19-16(22)14-9-25-17(20-14)11-5-6-24-8-11/h3-9H,1-2H3,(H,18,21)(H,19,22). The molecule has 6 nitrogen and oxygen atoms in total. The fourth-order valence-corrected chi connectivity index (χ4v) is 3.68. The maximum absolute atomic E-state index is 12.5. The van der Waals surface area contributed by atoms with Crippen molar-refractivity contribution in [3.8, 4) is 16.3 Å². The quantitative estimate of drug-likeness (QED) is 0.706. The number of nitrogens with zero attached hydrogens (tertiary/aromatic N) is 1. The Balaban J connectivity index is 1.81. The first-order valence-electron chi connectivity index (χ1n) is 7.32. The van der Waals surface area contributed by atoms with Crippen molar-refractivity contribution < 1.29 is 14.3 Å². The first-order valence-corrected chi connectivity index (χ1v) is 9.14. The molecular weight excluding hydrogens is 358 g/mol. The second-order valence-electron chi connectivity index (χ2n) is 5.10. The average Bonchev–Trinajstić information content (AvgIpc) is 3.26. The zero-order chi connectivity index (χ0) is 17.8. The second-order valence-corrected chi connectivity index (χ2v) is 6.74. The number of hydrogen-bond acceptors (Lipinski definition) is 6. The van der Waals surface area contributed by atoms with Crippen LogP contribution in [0.1, 0.15) is 17.4 Å². The van der Waals surface area contributed by atoms with Gasteiger partial charge in [0, 0.05) is 28.9 Å². The molecule has 2 aromatic heterocycles. The Morgan fingerprint density at radius 2 is 2.00 bits per heavy atom. The summed E-state index contributed by atoms with van der Waals surface area (Å²) in [7, 11) is 1.51. The van der Waals surface area contributed by atoms with Crippen molar-refractivity contribution in [2.24, 2.45) is 0 Å². The van der Waals surface area contributed by atoms with Gasteiger partial charge < -0.3 is 15.4 Å². The summed E-state index contributed by atoms with van der Waals surface area (Å²) in [6.45, 7) is 1.42. The minimum absolute atomic E-state index is 0.192. The number of ether oxygens (including phenoxy) is 1. The molecule has 0 atom stereocenters. The second kappa shape index (κ2) is 7.45. The SMILES string of the molecule is COc1ccc(NC(C)=O)cc1NC(=O)c1csc(-c2ccsc2)n1. The van der Waals surface area contributed by atoms with Crippen LogP contribution >= 0.6 is 22.7 Å². The zero-order valence-corrected chi connectivity index (χ0v) is 15.2. The smallest absolute Gasteiger partial charge is 0.275 e. The Bertz CT molecular complexity index is 904. The molecule has 2 N–H and O–H groups in total. The van der Waals surface area contributed by atoms with Gasteiger partial charge in [-0.15, -0.1) is 11.3 Å². The Morgan fingerprint density at radius 1 is 1.16 bits per heavy atom. The molecule has 128 valence electrons. The summed E-state index contributed by atoms with van der Waals surface area (Å²) in [6, 6.07) is 6.99. The monoisotopic (exact) mass is 373 g/mol. The van der Waals surface area contributed by atoms with Crippen molar-refractivity contribution in [1.82, 2.24) is 4.98 Å². The molecule has 0 saturated heterocycles. The number of thiazole rings is 1. The fourth-order valence-electron chi connectivity index (χ4n) is 2.17. The summed E-state index contributed by atoms with van der Waals surface area (Å²) in [6.07, 6.45) is 0. The van der Waals surface area contributed by atoms with E-state index < -0.39 is 0 Å². The first kappa shape index (κ1) is 17.1. The molecule has 0 bridgehead atoms. The van der Waals surface area contributed by atoms with E-state index in [0.717, 1.165) is 10.6 Å². The zero-order valence-electron chi connectivity index (χ0n) is 13.5. The number of anilines is 2. The molecule has 3 aromatic rings. The lowest BCUT2D eigenvalue weighted by Crippen LogP contribution is -2.14. The fraction of sp³-hybridized carbons (Fsp3) is 0.118. The van der Waals surface area contributed by atoms with E-state index in [-0.39, 0.29) is 11.8 Å². The molecule has 0 unspecified atom stereocenters. The summed E-state index contributed by atoms with van der Waals surface area (Å²) >= 11 is 3.00. The van der Waals surface area contributed by atoms with Gasteiger partial charge >= 0.3 is 0 Å². The molecule has 0 aliphatic heterocycles. The molecule has 3 rings (SSSR count). The number of methoxy groups -OCH3 is 1. The Hall–Kier alpha value is -2.71. The third kappa shape index (κ3) is 4.04. The van der Waals surface area contributed by atoms with Gasteiger partial charge in [0.25, 0.3) is 5.91 Å². The van der Waals surface area contributed by atoms with Gasteiger partial charge in [-0.05, 0) is 29.6 Å². The molecule has 0 aliphatic carbocycles. The van der Waals surface area contributed by atoms with Gasteiger partial charge in [0.05, 0.1) is 12.8 Å². The number of nitrogens with one attached hydrogen (secondary N) is 2. The highest BCUT2D eigenvalue weighted by molar-refractivity contribution is 7.14. The van der Waals surface area contributed by atoms with Crippen molar-refractivity contribution in [3.05, 3.63) is 46.1 Å². The topological polar surface area (TPSA) is 80.3 Å². The van der Waals surface area contributed by atoms with E-state index in [1.54, 1.807) is 34.9 Å². The maximum atomic E-state index is 12.5. The number of carbonyl (C=O) groups excluding carboxylic acids is 2. The predicted octanol–water partition coefficient (Wildman–Crippen LogP) is 4.09. The third-order valence-corrected chi connectivity index (χ3v) is 4.85. The lowest BCUT2D eigenvalue weighted by Gasteiger charge is -2.11. The molecule has 2 heterocycles. The van der Waals surface area contributed by atoms with Crippen molar-refractivity contribution in [2.45, 2.75) is 6.92 Å². The molecule has 0 spiro atoms. The summed E-state index contributed by atoms with van der Waals surface area (Å²) < 4.78 is 5.26. The molecule has 1 aromatic carbocycles. The third-order valence-electron chi connectivity index (χ3n) is 3.27. The van der Waals surface area contributed by atoms with E-state index in [4.69, 9.17) is 4.74 Å². The lowest BCUT2D eigenvalue weighted by atomic mass is 10.2. The summed E-state index contributed by atoms with van der Waals surface area (Å²) in [5.74, 6) is -0.0332. The molecule has 8 heteroatoms. The van der Waals surface area contributed by atoms with Crippen LogP contribution in [-0.4, -0.2) is 23.9 Å². The van der Waals surface area contributed by atoms with E-state index in [9.17, 15) is 9.59 Å². The summed E-state index contributed by atoms with van der Waals surface area (Å²) in [5.41, 5.74) is 2.36. The lowest BCUT2D eigenvalue weighted by molar-refractivity contribution is -0.114. The molecule has 0 saturated carbocycles. The molecule has 0 fully saturated rings. The van der Waals surface area contributed by atoms with Crippen LogP contribution in [0.15, 0.2) is 40.4 Å². The van der Waals surface area contributed by atoms with Gasteiger partial charge in [0.2, 0.25) is 5.91 Å². The summed E-state index contributed by atoms with van der Waals surface area (Å²) in [5, 5.41) is 11.9. The van der Waals surface area contributed by atoms with E-state index in [2.05, 4.69) is 15.6 Å².